The first-order valence-corrected chi connectivity index (χ1v) is 8.56. The van der Waals surface area contributed by atoms with Crippen LogP contribution in [0.25, 0.3) is 0 Å². The number of esters is 1. The van der Waals surface area contributed by atoms with E-state index in [9.17, 15) is 4.79 Å². The normalized spacial score (nSPS) is 10.4. The highest BCUT2D eigenvalue weighted by atomic mass is 16.5. The standard InChI is InChI=1S/C20H24O6/c21-8-4-10-24-18-12-16(13-19(14-18)25-11-5-9-22)15-26-20(23)17-6-2-1-3-7-17/h1-3,6-7,12-14,21-22H,4-5,8-11,15H2. The minimum absolute atomic E-state index is 0.0498. The van der Waals surface area contributed by atoms with Gasteiger partial charge in [-0.05, 0) is 29.8 Å². The van der Waals surface area contributed by atoms with E-state index in [-0.39, 0.29) is 19.8 Å². The monoisotopic (exact) mass is 360 g/mol. The Morgan fingerprint density at radius 2 is 1.42 bits per heavy atom. The van der Waals surface area contributed by atoms with E-state index in [0.29, 0.717) is 43.1 Å². The quantitative estimate of drug-likeness (QED) is 0.473. The van der Waals surface area contributed by atoms with Gasteiger partial charge in [0.25, 0.3) is 0 Å². The molecular weight excluding hydrogens is 336 g/mol. The molecule has 0 aromatic heterocycles. The molecule has 2 rings (SSSR count). The fourth-order valence-electron chi connectivity index (χ4n) is 2.20. The minimum Gasteiger partial charge on any atom is -0.493 e. The lowest BCUT2D eigenvalue weighted by atomic mass is 10.2. The van der Waals surface area contributed by atoms with Gasteiger partial charge >= 0.3 is 5.97 Å². The maximum atomic E-state index is 12.1. The highest BCUT2D eigenvalue weighted by Gasteiger charge is 2.09. The second-order valence-corrected chi connectivity index (χ2v) is 5.61. The predicted octanol–water partition coefficient (Wildman–Crippen LogP) is 2.57. The van der Waals surface area contributed by atoms with Crippen LogP contribution in [0.2, 0.25) is 0 Å². The van der Waals surface area contributed by atoms with Gasteiger partial charge in [0.05, 0.1) is 18.8 Å². The Balaban J connectivity index is 2.02. The summed E-state index contributed by atoms with van der Waals surface area (Å²) in [6.45, 7) is 0.934. The number of carbonyl (C=O) groups is 1. The smallest absolute Gasteiger partial charge is 0.338 e. The van der Waals surface area contributed by atoms with E-state index >= 15 is 0 Å². The van der Waals surface area contributed by atoms with Gasteiger partial charge in [-0.3, -0.25) is 0 Å². The van der Waals surface area contributed by atoms with Gasteiger partial charge in [-0.1, -0.05) is 18.2 Å². The molecule has 2 aromatic rings. The Kier molecular flexibility index (Phi) is 8.45. The zero-order chi connectivity index (χ0) is 18.6. The van der Waals surface area contributed by atoms with Crippen LogP contribution in [0.5, 0.6) is 11.5 Å². The molecule has 0 aliphatic carbocycles. The average Bonchev–Trinajstić information content (AvgIpc) is 2.67. The Hall–Kier alpha value is -2.57. The highest BCUT2D eigenvalue weighted by molar-refractivity contribution is 5.89. The van der Waals surface area contributed by atoms with Crippen LogP contribution in [0.1, 0.15) is 28.8 Å². The van der Waals surface area contributed by atoms with Crippen LogP contribution in [0.15, 0.2) is 48.5 Å². The van der Waals surface area contributed by atoms with Crippen molar-refractivity contribution < 1.29 is 29.2 Å². The van der Waals surface area contributed by atoms with Crippen LogP contribution in [-0.2, 0) is 11.3 Å². The SMILES string of the molecule is O=C(OCc1cc(OCCCO)cc(OCCCO)c1)c1ccccc1. The Morgan fingerprint density at radius 3 is 1.96 bits per heavy atom. The molecular formula is C20H24O6. The van der Waals surface area contributed by atoms with E-state index in [1.807, 2.05) is 6.07 Å². The summed E-state index contributed by atoms with van der Waals surface area (Å²) in [4.78, 5) is 12.1. The number of rotatable bonds is 11. The summed E-state index contributed by atoms with van der Waals surface area (Å²) < 4.78 is 16.5. The van der Waals surface area contributed by atoms with Gasteiger partial charge in [0.2, 0.25) is 0 Å². The van der Waals surface area contributed by atoms with Gasteiger partial charge in [0.1, 0.15) is 18.1 Å². The van der Waals surface area contributed by atoms with E-state index in [1.165, 1.54) is 0 Å². The molecule has 6 heteroatoms. The van der Waals surface area contributed by atoms with Crippen molar-refractivity contribution in [1.29, 1.82) is 0 Å². The van der Waals surface area contributed by atoms with Crippen LogP contribution >= 0.6 is 0 Å². The van der Waals surface area contributed by atoms with Crippen molar-refractivity contribution in [1.82, 2.24) is 0 Å². The molecule has 0 atom stereocenters. The molecule has 26 heavy (non-hydrogen) atoms. The molecule has 0 amide bonds. The molecule has 0 radical (unpaired) electrons. The number of carbonyl (C=O) groups excluding carboxylic acids is 1. The van der Waals surface area contributed by atoms with Gasteiger partial charge < -0.3 is 24.4 Å². The number of ether oxygens (including phenoxy) is 3. The van der Waals surface area contributed by atoms with Crippen molar-refractivity contribution in [2.24, 2.45) is 0 Å². The summed E-state index contributed by atoms with van der Waals surface area (Å²) in [6.07, 6.45) is 1.04. The van der Waals surface area contributed by atoms with Gasteiger partial charge in [-0.25, -0.2) is 4.79 Å². The first-order chi connectivity index (χ1) is 12.7. The molecule has 0 aliphatic rings. The van der Waals surface area contributed by atoms with Crippen LogP contribution in [0, 0.1) is 0 Å². The molecule has 0 aliphatic heterocycles. The highest BCUT2D eigenvalue weighted by Crippen LogP contribution is 2.24. The summed E-state index contributed by atoms with van der Waals surface area (Å²) >= 11 is 0. The number of aliphatic hydroxyl groups is 2. The fraction of sp³-hybridized carbons (Fsp3) is 0.350. The summed E-state index contributed by atoms with van der Waals surface area (Å²) in [7, 11) is 0. The van der Waals surface area contributed by atoms with Crippen LogP contribution < -0.4 is 9.47 Å². The Labute approximate surface area is 152 Å². The minimum atomic E-state index is -0.403. The summed E-state index contributed by atoms with van der Waals surface area (Å²) in [6, 6.07) is 14.1. The number of hydrogen-bond acceptors (Lipinski definition) is 6. The fourth-order valence-corrected chi connectivity index (χ4v) is 2.20. The summed E-state index contributed by atoms with van der Waals surface area (Å²) in [5.41, 5.74) is 1.22. The first-order valence-electron chi connectivity index (χ1n) is 8.56. The van der Waals surface area contributed by atoms with Gasteiger partial charge in [0, 0.05) is 32.1 Å². The van der Waals surface area contributed by atoms with Crippen molar-refractivity contribution in [2.75, 3.05) is 26.4 Å². The number of aliphatic hydroxyl groups excluding tert-OH is 2. The molecule has 140 valence electrons. The first kappa shape index (κ1) is 19.8. The molecule has 0 spiro atoms. The molecule has 0 unspecified atom stereocenters. The summed E-state index contributed by atoms with van der Waals surface area (Å²) in [5.74, 6) is 0.747. The summed E-state index contributed by atoms with van der Waals surface area (Å²) in [5, 5.41) is 17.7. The largest absolute Gasteiger partial charge is 0.493 e. The van der Waals surface area contributed by atoms with Crippen LogP contribution in [0.4, 0.5) is 0 Å². The Morgan fingerprint density at radius 1 is 0.846 bits per heavy atom. The number of hydrogen-bond donors (Lipinski definition) is 2. The van der Waals surface area contributed by atoms with E-state index in [4.69, 9.17) is 24.4 Å². The van der Waals surface area contributed by atoms with E-state index < -0.39 is 5.97 Å². The van der Waals surface area contributed by atoms with E-state index in [2.05, 4.69) is 0 Å². The van der Waals surface area contributed by atoms with Crippen LogP contribution in [0.3, 0.4) is 0 Å². The lowest BCUT2D eigenvalue weighted by Gasteiger charge is -2.12. The lowest BCUT2D eigenvalue weighted by Crippen LogP contribution is -2.06. The van der Waals surface area contributed by atoms with Gasteiger partial charge in [-0.15, -0.1) is 0 Å². The molecule has 6 nitrogen and oxygen atoms in total. The average molecular weight is 360 g/mol. The van der Waals surface area contributed by atoms with Crippen molar-refractivity contribution in [2.45, 2.75) is 19.4 Å². The number of benzene rings is 2. The van der Waals surface area contributed by atoms with Crippen LogP contribution in [-0.4, -0.2) is 42.6 Å². The van der Waals surface area contributed by atoms with Gasteiger partial charge in [-0.2, -0.15) is 0 Å². The maximum Gasteiger partial charge on any atom is 0.338 e. The van der Waals surface area contributed by atoms with E-state index in [0.717, 1.165) is 5.56 Å². The third-order valence-corrected chi connectivity index (χ3v) is 3.46. The molecule has 0 saturated carbocycles. The zero-order valence-corrected chi connectivity index (χ0v) is 14.6. The van der Waals surface area contributed by atoms with Crippen molar-refractivity contribution in [3.05, 3.63) is 59.7 Å². The molecule has 2 N–H and O–H groups in total. The maximum absolute atomic E-state index is 12.1. The topological polar surface area (TPSA) is 85.2 Å². The molecule has 2 aromatic carbocycles. The second-order valence-electron chi connectivity index (χ2n) is 5.61. The second kappa shape index (κ2) is 11.1. The van der Waals surface area contributed by atoms with Crippen molar-refractivity contribution >= 4 is 5.97 Å². The van der Waals surface area contributed by atoms with Gasteiger partial charge in [0.15, 0.2) is 0 Å². The zero-order valence-electron chi connectivity index (χ0n) is 14.6. The molecule has 0 bridgehead atoms. The van der Waals surface area contributed by atoms with E-state index in [1.54, 1.807) is 42.5 Å². The lowest BCUT2D eigenvalue weighted by molar-refractivity contribution is 0.0472. The van der Waals surface area contributed by atoms with Crippen molar-refractivity contribution in [3.63, 3.8) is 0 Å². The third kappa shape index (κ3) is 6.74. The molecule has 0 heterocycles. The third-order valence-electron chi connectivity index (χ3n) is 3.46. The molecule has 0 fully saturated rings. The predicted molar refractivity (Wildman–Crippen MR) is 96.4 cm³/mol. The Bertz CT molecular complexity index is 643. The van der Waals surface area contributed by atoms with Crippen molar-refractivity contribution in [3.8, 4) is 11.5 Å². The molecule has 0 saturated heterocycles.